The summed E-state index contributed by atoms with van der Waals surface area (Å²) in [5.41, 5.74) is 0. The van der Waals surface area contributed by atoms with Gasteiger partial charge in [-0.15, -0.1) is 0 Å². The number of amides is 1. The van der Waals surface area contributed by atoms with Gasteiger partial charge < -0.3 is 9.64 Å². The van der Waals surface area contributed by atoms with Gasteiger partial charge in [0.2, 0.25) is 5.91 Å². The first kappa shape index (κ1) is 12.5. The number of carbonyl (C=O) groups excluding carboxylic acids is 1. The molecule has 1 aliphatic heterocycles. The van der Waals surface area contributed by atoms with Gasteiger partial charge in [-0.1, -0.05) is 0 Å². The summed E-state index contributed by atoms with van der Waals surface area (Å²) < 4.78 is 4.90. The Hall–Kier alpha value is -0.610. The molecule has 4 nitrogen and oxygen atoms in total. The Morgan fingerprint density at radius 1 is 1.27 bits per heavy atom. The Morgan fingerprint density at radius 3 is 2.33 bits per heavy atom. The maximum atomic E-state index is 11.7. The Bertz CT molecular complexity index is 199. The molecular weight excluding hydrogens is 192 g/mol. The number of methoxy groups -OCH3 is 1. The first-order valence-corrected chi connectivity index (χ1v) is 5.66. The number of ether oxygens (including phenoxy) is 1. The van der Waals surface area contributed by atoms with Crippen LogP contribution in [-0.2, 0) is 9.53 Å². The van der Waals surface area contributed by atoms with Gasteiger partial charge in [-0.05, 0) is 13.8 Å². The zero-order valence-electron chi connectivity index (χ0n) is 10.0. The minimum Gasteiger partial charge on any atom is -0.384 e. The summed E-state index contributed by atoms with van der Waals surface area (Å²) in [5.74, 6) is 0.222. The van der Waals surface area contributed by atoms with Crippen LogP contribution in [0.1, 0.15) is 20.3 Å². The lowest BCUT2D eigenvalue weighted by atomic mass is 10.2. The Labute approximate surface area is 92.2 Å². The fraction of sp³-hybridized carbons (Fsp3) is 0.909. The number of nitrogens with zero attached hydrogens (tertiary/aromatic N) is 2. The molecule has 0 aromatic heterocycles. The second kappa shape index (κ2) is 6.08. The summed E-state index contributed by atoms with van der Waals surface area (Å²) in [5, 5.41) is 0. The summed E-state index contributed by atoms with van der Waals surface area (Å²) in [6.07, 6.45) is 0.512. The first-order chi connectivity index (χ1) is 7.15. The number of rotatable bonds is 4. The average Bonchev–Trinajstić information content (AvgIpc) is 2.26. The normalized spacial score (nSPS) is 18.5. The number of piperazine rings is 1. The van der Waals surface area contributed by atoms with Gasteiger partial charge in [-0.2, -0.15) is 0 Å². The lowest BCUT2D eigenvalue weighted by Gasteiger charge is -2.36. The molecule has 1 saturated heterocycles. The Morgan fingerprint density at radius 2 is 1.87 bits per heavy atom. The largest absolute Gasteiger partial charge is 0.384 e. The second-order valence-corrected chi connectivity index (χ2v) is 4.25. The smallest absolute Gasteiger partial charge is 0.224 e. The monoisotopic (exact) mass is 214 g/mol. The van der Waals surface area contributed by atoms with Crippen molar-refractivity contribution in [1.82, 2.24) is 9.80 Å². The molecule has 1 aliphatic rings. The van der Waals surface area contributed by atoms with Crippen molar-refractivity contribution >= 4 is 5.91 Å². The van der Waals surface area contributed by atoms with Crippen LogP contribution in [0, 0.1) is 0 Å². The van der Waals surface area contributed by atoms with Gasteiger partial charge in [0, 0.05) is 39.3 Å². The van der Waals surface area contributed by atoms with Gasteiger partial charge in [0.05, 0.1) is 13.0 Å². The Balaban J connectivity index is 2.27. The standard InChI is InChI=1S/C11H22N2O2/c1-10(2)12-5-7-13(8-6-12)11(14)4-9-15-3/h10H,4-9H2,1-3H3. The van der Waals surface area contributed by atoms with Crippen LogP contribution in [0.3, 0.4) is 0 Å². The van der Waals surface area contributed by atoms with Crippen LogP contribution in [0.2, 0.25) is 0 Å². The number of carbonyl (C=O) groups is 1. The molecule has 0 spiro atoms. The maximum absolute atomic E-state index is 11.7. The molecule has 0 saturated carbocycles. The van der Waals surface area contributed by atoms with E-state index in [2.05, 4.69) is 18.7 Å². The van der Waals surface area contributed by atoms with E-state index in [1.165, 1.54) is 0 Å². The molecule has 88 valence electrons. The fourth-order valence-electron chi connectivity index (χ4n) is 1.84. The van der Waals surface area contributed by atoms with Crippen molar-refractivity contribution in [3.8, 4) is 0 Å². The van der Waals surface area contributed by atoms with E-state index >= 15 is 0 Å². The molecule has 0 aromatic carbocycles. The molecule has 1 rings (SSSR count). The molecule has 1 heterocycles. The van der Waals surface area contributed by atoms with Crippen molar-refractivity contribution in [1.29, 1.82) is 0 Å². The molecule has 1 fully saturated rings. The van der Waals surface area contributed by atoms with Crippen molar-refractivity contribution < 1.29 is 9.53 Å². The van der Waals surface area contributed by atoms with Gasteiger partial charge in [-0.25, -0.2) is 0 Å². The van der Waals surface area contributed by atoms with E-state index in [-0.39, 0.29) is 5.91 Å². The predicted molar refractivity (Wildman–Crippen MR) is 59.8 cm³/mol. The third-order valence-corrected chi connectivity index (χ3v) is 2.92. The molecule has 0 bridgehead atoms. The van der Waals surface area contributed by atoms with Crippen LogP contribution in [-0.4, -0.2) is 61.6 Å². The fourth-order valence-corrected chi connectivity index (χ4v) is 1.84. The van der Waals surface area contributed by atoms with E-state index in [0.717, 1.165) is 26.2 Å². The highest BCUT2D eigenvalue weighted by Crippen LogP contribution is 2.06. The zero-order valence-corrected chi connectivity index (χ0v) is 10.0. The lowest BCUT2D eigenvalue weighted by Crippen LogP contribution is -2.50. The lowest BCUT2D eigenvalue weighted by molar-refractivity contribution is -0.134. The zero-order chi connectivity index (χ0) is 11.3. The molecule has 4 heteroatoms. The van der Waals surface area contributed by atoms with E-state index in [0.29, 0.717) is 19.1 Å². The maximum Gasteiger partial charge on any atom is 0.224 e. The number of hydrogen-bond donors (Lipinski definition) is 0. The molecule has 1 amide bonds. The van der Waals surface area contributed by atoms with Gasteiger partial charge >= 0.3 is 0 Å². The SMILES string of the molecule is COCCC(=O)N1CCN(C(C)C)CC1. The van der Waals surface area contributed by atoms with E-state index in [9.17, 15) is 4.79 Å². The third kappa shape index (κ3) is 3.80. The second-order valence-electron chi connectivity index (χ2n) is 4.25. The molecule has 0 aromatic rings. The van der Waals surface area contributed by atoms with Crippen molar-refractivity contribution in [3.63, 3.8) is 0 Å². The minimum absolute atomic E-state index is 0.222. The van der Waals surface area contributed by atoms with E-state index in [1.807, 2.05) is 4.90 Å². The van der Waals surface area contributed by atoms with Crippen LogP contribution < -0.4 is 0 Å². The van der Waals surface area contributed by atoms with Crippen molar-refractivity contribution in [2.75, 3.05) is 39.9 Å². The summed E-state index contributed by atoms with van der Waals surface area (Å²) in [6.45, 7) is 8.64. The molecular formula is C11H22N2O2. The summed E-state index contributed by atoms with van der Waals surface area (Å²) in [4.78, 5) is 16.0. The number of hydrogen-bond acceptors (Lipinski definition) is 3. The summed E-state index contributed by atoms with van der Waals surface area (Å²) in [7, 11) is 1.63. The third-order valence-electron chi connectivity index (χ3n) is 2.92. The van der Waals surface area contributed by atoms with Gasteiger partial charge in [-0.3, -0.25) is 9.69 Å². The highest BCUT2D eigenvalue weighted by molar-refractivity contribution is 5.76. The molecule has 15 heavy (non-hydrogen) atoms. The van der Waals surface area contributed by atoms with Gasteiger partial charge in [0.25, 0.3) is 0 Å². The highest BCUT2D eigenvalue weighted by Gasteiger charge is 2.21. The summed E-state index contributed by atoms with van der Waals surface area (Å²) >= 11 is 0. The van der Waals surface area contributed by atoms with Crippen molar-refractivity contribution in [2.45, 2.75) is 26.3 Å². The molecule has 0 radical (unpaired) electrons. The highest BCUT2D eigenvalue weighted by atomic mass is 16.5. The van der Waals surface area contributed by atoms with Crippen molar-refractivity contribution in [3.05, 3.63) is 0 Å². The Kier molecular flexibility index (Phi) is 5.05. The molecule has 0 unspecified atom stereocenters. The van der Waals surface area contributed by atoms with Crippen LogP contribution >= 0.6 is 0 Å². The van der Waals surface area contributed by atoms with Gasteiger partial charge in [0.1, 0.15) is 0 Å². The topological polar surface area (TPSA) is 32.8 Å². The summed E-state index contributed by atoms with van der Waals surface area (Å²) in [6, 6.07) is 0.584. The van der Waals surface area contributed by atoms with E-state index < -0.39 is 0 Å². The van der Waals surface area contributed by atoms with Crippen LogP contribution in [0.25, 0.3) is 0 Å². The molecule has 0 aliphatic carbocycles. The first-order valence-electron chi connectivity index (χ1n) is 5.66. The van der Waals surface area contributed by atoms with Crippen LogP contribution in [0.4, 0.5) is 0 Å². The minimum atomic E-state index is 0.222. The van der Waals surface area contributed by atoms with E-state index in [4.69, 9.17) is 4.74 Å². The van der Waals surface area contributed by atoms with Crippen LogP contribution in [0.5, 0.6) is 0 Å². The predicted octanol–water partition coefficient (Wildman–Crippen LogP) is 0.575. The quantitative estimate of drug-likeness (QED) is 0.686. The van der Waals surface area contributed by atoms with Crippen molar-refractivity contribution in [2.24, 2.45) is 0 Å². The van der Waals surface area contributed by atoms with E-state index in [1.54, 1.807) is 7.11 Å². The van der Waals surface area contributed by atoms with Gasteiger partial charge in [0.15, 0.2) is 0 Å². The average molecular weight is 214 g/mol. The molecule has 0 atom stereocenters. The van der Waals surface area contributed by atoms with Crippen LogP contribution in [0.15, 0.2) is 0 Å². The molecule has 0 N–H and O–H groups in total.